The first-order valence-electron chi connectivity index (χ1n) is 4.79. The van der Waals surface area contributed by atoms with Crippen LogP contribution in [-0.2, 0) is 11.3 Å². The first-order valence-corrected chi connectivity index (χ1v) is 5.94. The van der Waals surface area contributed by atoms with E-state index in [9.17, 15) is 4.79 Å². The average Bonchev–Trinajstić information content (AvgIpc) is 2.90. The molecule has 1 aliphatic rings. The summed E-state index contributed by atoms with van der Waals surface area (Å²) in [5, 5.41) is 13.5. The van der Waals surface area contributed by atoms with Crippen molar-refractivity contribution < 1.29 is 4.79 Å². The van der Waals surface area contributed by atoms with Crippen molar-refractivity contribution in [3.8, 4) is 0 Å². The Morgan fingerprint density at radius 3 is 3.33 bits per heavy atom. The molecule has 1 aliphatic heterocycles. The maximum atomic E-state index is 11.5. The molecule has 1 unspecified atom stereocenters. The van der Waals surface area contributed by atoms with Gasteiger partial charge in [-0.1, -0.05) is 5.21 Å². The van der Waals surface area contributed by atoms with Crippen molar-refractivity contribution in [1.82, 2.24) is 25.6 Å². The van der Waals surface area contributed by atoms with Gasteiger partial charge < -0.3 is 5.32 Å². The zero-order chi connectivity index (χ0) is 10.5. The summed E-state index contributed by atoms with van der Waals surface area (Å²) in [4.78, 5) is 11.5. The number of carbonyl (C=O) groups excluding carboxylic acids is 1. The third-order valence-electron chi connectivity index (χ3n) is 2.14. The largest absolute Gasteiger partial charge is 0.353 e. The number of hydrogen-bond donors (Lipinski definition) is 2. The highest BCUT2D eigenvalue weighted by Gasteiger charge is 2.21. The summed E-state index contributed by atoms with van der Waals surface area (Å²) in [7, 11) is 0. The lowest BCUT2D eigenvalue weighted by molar-refractivity contribution is -0.122. The van der Waals surface area contributed by atoms with Crippen LogP contribution in [0.4, 0.5) is 0 Å². The molecule has 1 saturated heterocycles. The molecular formula is C8H13N5OS. The van der Waals surface area contributed by atoms with Crippen LogP contribution < -0.4 is 10.6 Å². The Labute approximate surface area is 91.8 Å². The molecule has 1 aromatic rings. The molecule has 0 aromatic carbocycles. The Kier molecular flexibility index (Phi) is 3.57. The van der Waals surface area contributed by atoms with E-state index in [1.165, 1.54) is 0 Å². The van der Waals surface area contributed by atoms with Crippen molar-refractivity contribution in [1.29, 1.82) is 0 Å². The van der Waals surface area contributed by atoms with Gasteiger partial charge in [-0.2, -0.15) is 0 Å². The molecule has 2 heterocycles. The Balaban J connectivity index is 1.67. The molecule has 0 aliphatic carbocycles. The second-order valence-corrected chi connectivity index (χ2v) is 4.26. The fraction of sp³-hybridized carbons (Fsp3) is 0.625. The Morgan fingerprint density at radius 2 is 2.67 bits per heavy atom. The zero-order valence-electron chi connectivity index (χ0n) is 8.22. The van der Waals surface area contributed by atoms with Crippen LogP contribution in [0.2, 0.25) is 0 Å². The van der Waals surface area contributed by atoms with Gasteiger partial charge in [-0.3, -0.25) is 14.8 Å². The summed E-state index contributed by atoms with van der Waals surface area (Å²) in [6, 6.07) is -0.0363. The van der Waals surface area contributed by atoms with E-state index in [1.54, 1.807) is 28.8 Å². The first kappa shape index (κ1) is 10.4. The number of carbonyl (C=O) groups is 1. The van der Waals surface area contributed by atoms with E-state index < -0.39 is 0 Å². The van der Waals surface area contributed by atoms with Crippen molar-refractivity contribution in [2.24, 2.45) is 0 Å². The van der Waals surface area contributed by atoms with Crippen LogP contribution >= 0.6 is 11.8 Å². The van der Waals surface area contributed by atoms with E-state index in [0.717, 1.165) is 11.6 Å². The van der Waals surface area contributed by atoms with E-state index in [-0.39, 0.29) is 11.9 Å². The van der Waals surface area contributed by atoms with Gasteiger partial charge in [0.05, 0.1) is 18.8 Å². The van der Waals surface area contributed by atoms with Gasteiger partial charge in [0, 0.05) is 24.4 Å². The number of rotatable bonds is 4. The number of hydrogen-bond acceptors (Lipinski definition) is 5. The summed E-state index contributed by atoms with van der Waals surface area (Å²) in [6.45, 7) is 1.25. The van der Waals surface area contributed by atoms with Gasteiger partial charge in [-0.15, -0.1) is 16.9 Å². The van der Waals surface area contributed by atoms with E-state index >= 15 is 0 Å². The van der Waals surface area contributed by atoms with Gasteiger partial charge in [-0.25, -0.2) is 0 Å². The molecule has 1 amide bonds. The summed E-state index contributed by atoms with van der Waals surface area (Å²) >= 11 is 1.74. The number of nitrogens with one attached hydrogen (secondary N) is 2. The molecule has 0 saturated carbocycles. The van der Waals surface area contributed by atoms with Crippen LogP contribution in [-0.4, -0.2) is 45.1 Å². The Morgan fingerprint density at radius 1 is 1.73 bits per heavy atom. The molecule has 7 heteroatoms. The summed E-state index contributed by atoms with van der Waals surface area (Å²) in [5.41, 5.74) is 0. The van der Waals surface area contributed by atoms with Gasteiger partial charge in [0.1, 0.15) is 0 Å². The van der Waals surface area contributed by atoms with Crippen LogP contribution in [0, 0.1) is 0 Å². The molecule has 0 bridgehead atoms. The highest BCUT2D eigenvalue weighted by molar-refractivity contribution is 7.99. The van der Waals surface area contributed by atoms with Gasteiger partial charge >= 0.3 is 0 Å². The third kappa shape index (κ3) is 2.93. The molecule has 15 heavy (non-hydrogen) atoms. The van der Waals surface area contributed by atoms with Crippen LogP contribution in [0.1, 0.15) is 0 Å². The van der Waals surface area contributed by atoms with Crippen molar-refractivity contribution in [3.05, 3.63) is 12.4 Å². The number of amides is 1. The standard InChI is InChI=1S/C8H13N5OS/c14-8(7-5-15-6-10-7)9-1-3-13-4-2-11-12-13/h2,4,7,10H,1,3,5-6H2,(H,9,14). The number of thioether (sulfide) groups is 1. The molecule has 2 N–H and O–H groups in total. The molecule has 1 atom stereocenters. The molecular weight excluding hydrogens is 214 g/mol. The maximum absolute atomic E-state index is 11.5. The van der Waals surface area contributed by atoms with Crippen molar-refractivity contribution >= 4 is 17.7 Å². The number of aromatic nitrogens is 3. The van der Waals surface area contributed by atoms with Crippen LogP contribution in [0.3, 0.4) is 0 Å². The van der Waals surface area contributed by atoms with Gasteiger partial charge in [0.25, 0.3) is 0 Å². The lowest BCUT2D eigenvalue weighted by Crippen LogP contribution is -2.43. The minimum atomic E-state index is -0.0363. The van der Waals surface area contributed by atoms with Gasteiger partial charge in [0.2, 0.25) is 5.91 Å². The lowest BCUT2D eigenvalue weighted by Gasteiger charge is -2.09. The topological polar surface area (TPSA) is 71.8 Å². The summed E-state index contributed by atoms with van der Waals surface area (Å²) in [5.74, 6) is 1.79. The second-order valence-electron chi connectivity index (χ2n) is 3.23. The zero-order valence-corrected chi connectivity index (χ0v) is 9.04. The monoisotopic (exact) mass is 227 g/mol. The predicted octanol–water partition coefficient (Wildman–Crippen LogP) is -0.943. The van der Waals surface area contributed by atoms with E-state index in [4.69, 9.17) is 0 Å². The third-order valence-corrected chi connectivity index (χ3v) is 3.08. The van der Waals surface area contributed by atoms with Gasteiger partial charge in [-0.05, 0) is 0 Å². The molecule has 82 valence electrons. The maximum Gasteiger partial charge on any atom is 0.238 e. The predicted molar refractivity (Wildman–Crippen MR) is 57.3 cm³/mol. The Hall–Kier alpha value is -1.08. The molecule has 2 rings (SSSR count). The normalized spacial score (nSPS) is 20.4. The highest BCUT2D eigenvalue weighted by atomic mass is 32.2. The fourth-order valence-corrected chi connectivity index (χ4v) is 2.27. The fourth-order valence-electron chi connectivity index (χ4n) is 1.33. The molecule has 0 radical (unpaired) electrons. The van der Waals surface area contributed by atoms with Crippen molar-refractivity contribution in [2.45, 2.75) is 12.6 Å². The van der Waals surface area contributed by atoms with Crippen LogP contribution in [0.15, 0.2) is 12.4 Å². The quantitative estimate of drug-likeness (QED) is 0.694. The minimum Gasteiger partial charge on any atom is -0.353 e. The van der Waals surface area contributed by atoms with Crippen LogP contribution in [0.5, 0.6) is 0 Å². The van der Waals surface area contributed by atoms with Crippen molar-refractivity contribution in [2.75, 3.05) is 18.2 Å². The second kappa shape index (κ2) is 5.13. The Bertz CT molecular complexity index is 309. The molecule has 1 fully saturated rings. The van der Waals surface area contributed by atoms with E-state index in [2.05, 4.69) is 20.9 Å². The first-order chi connectivity index (χ1) is 7.36. The van der Waals surface area contributed by atoms with E-state index in [1.807, 2.05) is 0 Å². The molecule has 1 aromatic heterocycles. The summed E-state index contributed by atoms with van der Waals surface area (Å²) < 4.78 is 1.69. The smallest absolute Gasteiger partial charge is 0.238 e. The van der Waals surface area contributed by atoms with Gasteiger partial charge in [0.15, 0.2) is 0 Å². The highest BCUT2D eigenvalue weighted by Crippen LogP contribution is 2.08. The lowest BCUT2D eigenvalue weighted by atomic mass is 10.3. The van der Waals surface area contributed by atoms with Crippen LogP contribution in [0.25, 0.3) is 0 Å². The van der Waals surface area contributed by atoms with Crippen molar-refractivity contribution in [3.63, 3.8) is 0 Å². The molecule has 0 spiro atoms. The summed E-state index contributed by atoms with van der Waals surface area (Å²) in [6.07, 6.45) is 3.40. The van der Waals surface area contributed by atoms with E-state index in [0.29, 0.717) is 13.1 Å². The molecule has 6 nitrogen and oxygen atoms in total. The average molecular weight is 227 g/mol. The number of nitrogens with zero attached hydrogens (tertiary/aromatic N) is 3. The minimum absolute atomic E-state index is 0.0363. The SMILES string of the molecule is O=C(NCCn1ccnn1)C1CSCN1.